The molecule has 0 unspecified atom stereocenters. The fourth-order valence-corrected chi connectivity index (χ4v) is 5.62. The topological polar surface area (TPSA) is 77.0 Å². The number of aliphatic imine (C=N–C) groups is 1. The summed E-state index contributed by atoms with van der Waals surface area (Å²) in [5.74, 6) is 0.972. The lowest BCUT2D eigenvalue weighted by Gasteiger charge is -2.35. The standard InChI is InChI=1S/C24H20Cl3N7O/c1-32-7-5-15-13(12-32)9-14(10-19(15)27)30-23-29-11-16-21(31-23)33-8-6-28-24(33)34(22(16)35)20-17(25)3-2-4-18(20)26/h2-4,9-11H,5-8,12H2,1H3,(H,29,30,31). The number of guanidine groups is 1. The fraction of sp³-hybridized carbons (Fsp3) is 0.250. The fourth-order valence-electron chi connectivity index (χ4n) is 4.72. The number of aromatic nitrogens is 2. The van der Waals surface area contributed by atoms with Crippen LogP contribution in [0.15, 0.2) is 41.5 Å². The van der Waals surface area contributed by atoms with E-state index in [1.165, 1.54) is 22.2 Å². The van der Waals surface area contributed by atoms with E-state index < -0.39 is 0 Å². The highest BCUT2D eigenvalue weighted by atomic mass is 35.5. The number of hydrogen-bond acceptors (Lipinski definition) is 7. The molecule has 3 aromatic rings. The minimum atomic E-state index is -0.335. The van der Waals surface area contributed by atoms with E-state index >= 15 is 0 Å². The first-order chi connectivity index (χ1) is 16.9. The zero-order chi connectivity index (χ0) is 24.3. The van der Waals surface area contributed by atoms with Gasteiger partial charge in [-0.15, -0.1) is 0 Å². The minimum Gasteiger partial charge on any atom is -0.324 e. The summed E-state index contributed by atoms with van der Waals surface area (Å²) in [5, 5.41) is 4.70. The van der Waals surface area contributed by atoms with Crippen molar-refractivity contribution in [1.29, 1.82) is 0 Å². The van der Waals surface area contributed by atoms with E-state index in [0.29, 0.717) is 52.1 Å². The van der Waals surface area contributed by atoms with Gasteiger partial charge in [0, 0.05) is 36.5 Å². The Morgan fingerprint density at radius 1 is 1.06 bits per heavy atom. The van der Waals surface area contributed by atoms with Crippen LogP contribution in [0.3, 0.4) is 0 Å². The van der Waals surface area contributed by atoms with Gasteiger partial charge in [0.05, 0.1) is 22.3 Å². The predicted molar refractivity (Wildman–Crippen MR) is 140 cm³/mol. The van der Waals surface area contributed by atoms with Crippen LogP contribution in [0.5, 0.6) is 0 Å². The molecule has 3 aliphatic heterocycles. The summed E-state index contributed by atoms with van der Waals surface area (Å²) < 4.78 is 0. The van der Waals surface area contributed by atoms with E-state index in [-0.39, 0.29) is 5.91 Å². The second-order valence-corrected chi connectivity index (χ2v) is 9.91. The zero-order valence-corrected chi connectivity index (χ0v) is 21.0. The molecule has 0 radical (unpaired) electrons. The third kappa shape index (κ3) is 3.81. The van der Waals surface area contributed by atoms with E-state index in [2.05, 4.69) is 38.3 Å². The molecule has 4 heterocycles. The molecule has 0 aliphatic carbocycles. The van der Waals surface area contributed by atoms with Crippen LogP contribution in [0.1, 0.15) is 21.5 Å². The number of likely N-dealkylation sites (N-methyl/N-ethyl adjacent to an activating group) is 1. The van der Waals surface area contributed by atoms with Gasteiger partial charge in [0.2, 0.25) is 11.9 Å². The molecule has 0 saturated carbocycles. The van der Waals surface area contributed by atoms with Crippen LogP contribution in [-0.2, 0) is 13.0 Å². The van der Waals surface area contributed by atoms with Gasteiger partial charge in [0.1, 0.15) is 5.56 Å². The van der Waals surface area contributed by atoms with Crippen molar-refractivity contribution in [2.45, 2.75) is 13.0 Å². The molecule has 0 atom stereocenters. The van der Waals surface area contributed by atoms with E-state index in [0.717, 1.165) is 30.2 Å². The number of rotatable bonds is 3. The van der Waals surface area contributed by atoms with Gasteiger partial charge in [0.15, 0.2) is 5.82 Å². The summed E-state index contributed by atoms with van der Waals surface area (Å²) in [6.07, 6.45) is 2.44. The smallest absolute Gasteiger partial charge is 0.270 e. The van der Waals surface area contributed by atoms with Crippen LogP contribution in [0.4, 0.5) is 23.1 Å². The lowest BCUT2D eigenvalue weighted by atomic mass is 9.99. The van der Waals surface area contributed by atoms with Crippen molar-refractivity contribution in [3.63, 3.8) is 0 Å². The van der Waals surface area contributed by atoms with Gasteiger partial charge in [-0.25, -0.2) is 9.88 Å². The van der Waals surface area contributed by atoms with Crippen molar-refractivity contribution in [3.05, 3.63) is 68.3 Å². The molecule has 3 aliphatic rings. The summed E-state index contributed by atoms with van der Waals surface area (Å²) in [5.41, 5.74) is 3.91. The molecule has 0 saturated heterocycles. The Balaban J connectivity index is 1.37. The molecular formula is C24H20Cl3N7O. The van der Waals surface area contributed by atoms with Gasteiger partial charge in [-0.05, 0) is 48.9 Å². The number of amides is 1. The van der Waals surface area contributed by atoms with Gasteiger partial charge < -0.3 is 10.2 Å². The Morgan fingerprint density at radius 2 is 1.86 bits per heavy atom. The second-order valence-electron chi connectivity index (χ2n) is 8.68. The second kappa shape index (κ2) is 8.64. The predicted octanol–water partition coefficient (Wildman–Crippen LogP) is 5.00. The maximum atomic E-state index is 13.5. The third-order valence-electron chi connectivity index (χ3n) is 6.37. The molecule has 6 rings (SSSR count). The molecule has 0 fully saturated rings. The first kappa shape index (κ1) is 22.5. The molecule has 0 spiro atoms. The van der Waals surface area contributed by atoms with Crippen LogP contribution in [0.2, 0.25) is 15.1 Å². The first-order valence-corrected chi connectivity index (χ1v) is 12.3. The van der Waals surface area contributed by atoms with Crippen LogP contribution >= 0.6 is 34.8 Å². The van der Waals surface area contributed by atoms with Crippen molar-refractivity contribution in [1.82, 2.24) is 14.9 Å². The molecular weight excluding hydrogens is 509 g/mol. The van der Waals surface area contributed by atoms with Gasteiger partial charge in [-0.1, -0.05) is 40.9 Å². The van der Waals surface area contributed by atoms with Crippen molar-refractivity contribution in [2.24, 2.45) is 4.99 Å². The number of fused-ring (bicyclic) bond motifs is 4. The van der Waals surface area contributed by atoms with Gasteiger partial charge in [0.25, 0.3) is 5.91 Å². The zero-order valence-electron chi connectivity index (χ0n) is 18.7. The molecule has 0 bridgehead atoms. The Hall–Kier alpha value is -2.91. The number of nitrogens with one attached hydrogen (secondary N) is 1. The molecule has 11 heteroatoms. The summed E-state index contributed by atoms with van der Waals surface area (Å²) in [6, 6.07) is 9.09. The monoisotopic (exact) mass is 527 g/mol. The Labute approximate surface area is 217 Å². The van der Waals surface area contributed by atoms with E-state index in [1.807, 2.05) is 11.0 Å². The third-order valence-corrected chi connectivity index (χ3v) is 7.31. The molecule has 1 amide bonds. The van der Waals surface area contributed by atoms with Gasteiger partial charge in [-0.3, -0.25) is 14.7 Å². The van der Waals surface area contributed by atoms with Gasteiger partial charge in [-0.2, -0.15) is 4.98 Å². The van der Waals surface area contributed by atoms with Crippen molar-refractivity contribution in [3.8, 4) is 0 Å². The number of halogens is 3. The molecule has 8 nitrogen and oxygen atoms in total. The van der Waals surface area contributed by atoms with Crippen LogP contribution in [0.25, 0.3) is 0 Å². The average Bonchev–Trinajstić information content (AvgIpc) is 3.30. The number of carbonyl (C=O) groups excluding carboxylic acids is 1. The number of benzene rings is 2. The maximum Gasteiger partial charge on any atom is 0.270 e. The van der Waals surface area contributed by atoms with E-state index in [9.17, 15) is 4.79 Å². The Kier molecular flexibility index (Phi) is 5.56. The summed E-state index contributed by atoms with van der Waals surface area (Å²) in [4.78, 5) is 32.8. The molecule has 178 valence electrons. The highest BCUT2D eigenvalue weighted by molar-refractivity contribution is 6.43. The Bertz CT molecular complexity index is 1390. The van der Waals surface area contributed by atoms with Crippen molar-refractivity contribution < 1.29 is 4.79 Å². The molecule has 1 N–H and O–H groups in total. The van der Waals surface area contributed by atoms with E-state index in [4.69, 9.17) is 34.8 Å². The summed E-state index contributed by atoms with van der Waals surface area (Å²) >= 11 is 19.4. The minimum absolute atomic E-state index is 0.335. The molecule has 1 aromatic heterocycles. The quantitative estimate of drug-likeness (QED) is 0.515. The number of carbonyl (C=O) groups is 1. The van der Waals surface area contributed by atoms with Gasteiger partial charge >= 0.3 is 0 Å². The lowest BCUT2D eigenvalue weighted by Crippen LogP contribution is -2.51. The number of para-hydroxylation sites is 1. The largest absolute Gasteiger partial charge is 0.324 e. The van der Waals surface area contributed by atoms with Crippen LogP contribution in [0, 0.1) is 0 Å². The number of hydrogen-bond donors (Lipinski definition) is 1. The Morgan fingerprint density at radius 3 is 2.66 bits per heavy atom. The summed E-state index contributed by atoms with van der Waals surface area (Å²) in [6.45, 7) is 2.90. The first-order valence-electron chi connectivity index (χ1n) is 11.1. The van der Waals surface area contributed by atoms with E-state index in [1.54, 1.807) is 18.2 Å². The number of nitrogens with zero attached hydrogens (tertiary/aromatic N) is 6. The van der Waals surface area contributed by atoms with Crippen molar-refractivity contribution in [2.75, 3.05) is 41.8 Å². The van der Waals surface area contributed by atoms with Crippen LogP contribution < -0.4 is 15.1 Å². The van der Waals surface area contributed by atoms with Crippen LogP contribution in [-0.4, -0.2) is 53.4 Å². The molecule has 2 aromatic carbocycles. The van der Waals surface area contributed by atoms with Crippen molar-refractivity contribution >= 4 is 69.8 Å². The average molecular weight is 529 g/mol. The normalized spacial score (nSPS) is 17.1. The molecule has 35 heavy (non-hydrogen) atoms. The lowest BCUT2D eigenvalue weighted by molar-refractivity contribution is 0.1000. The summed E-state index contributed by atoms with van der Waals surface area (Å²) in [7, 11) is 2.09. The highest BCUT2D eigenvalue weighted by Crippen LogP contribution is 2.40. The maximum absolute atomic E-state index is 13.5. The number of anilines is 4. The SMILES string of the molecule is CN1CCc2c(Cl)cc(Nc3ncc4c(n3)N3CCN=C3N(c3c(Cl)cccc3Cl)C4=O)cc2C1. The highest BCUT2D eigenvalue weighted by Gasteiger charge is 2.41.